The highest BCUT2D eigenvalue weighted by atomic mass is 16.6. The predicted octanol–water partition coefficient (Wildman–Crippen LogP) is 4.77. The van der Waals surface area contributed by atoms with Gasteiger partial charge in [-0.25, -0.2) is 14.6 Å². The smallest absolute Gasteiger partial charge is 0.410 e. The van der Waals surface area contributed by atoms with Crippen LogP contribution in [0, 0.1) is 5.41 Å². The first-order valence-corrected chi connectivity index (χ1v) is 13.7. The van der Waals surface area contributed by atoms with Crippen molar-refractivity contribution in [3.63, 3.8) is 0 Å². The minimum Gasteiger partial charge on any atom is -0.478 e. The first-order chi connectivity index (χ1) is 18.6. The number of esters is 1. The van der Waals surface area contributed by atoms with Crippen molar-refractivity contribution in [3.05, 3.63) is 47.7 Å². The Hall–Kier alpha value is -3.62. The molecule has 0 radical (unpaired) electrons. The van der Waals surface area contributed by atoms with Crippen molar-refractivity contribution in [1.29, 1.82) is 0 Å². The summed E-state index contributed by atoms with van der Waals surface area (Å²) in [6, 6.07) is 11.1. The van der Waals surface area contributed by atoms with Gasteiger partial charge >= 0.3 is 12.1 Å². The van der Waals surface area contributed by atoms with Crippen LogP contribution in [-0.2, 0) is 20.7 Å². The number of aromatic nitrogens is 1. The molecule has 1 fully saturated rings. The van der Waals surface area contributed by atoms with Gasteiger partial charge in [0.1, 0.15) is 5.60 Å². The van der Waals surface area contributed by atoms with Gasteiger partial charge in [-0.2, -0.15) is 0 Å². The third-order valence-corrected chi connectivity index (χ3v) is 7.32. The van der Waals surface area contributed by atoms with Gasteiger partial charge < -0.3 is 24.4 Å². The second kappa shape index (κ2) is 12.1. The first kappa shape index (κ1) is 28.4. The predicted molar refractivity (Wildman–Crippen MR) is 147 cm³/mol. The molecule has 0 unspecified atom stereocenters. The number of carbonyl (C=O) groups excluding carboxylic acids is 3. The molecule has 2 aliphatic heterocycles. The molecule has 210 valence electrons. The topological polar surface area (TPSA) is 107 Å². The lowest BCUT2D eigenvalue weighted by Crippen LogP contribution is -2.51. The van der Waals surface area contributed by atoms with Crippen molar-refractivity contribution in [3.8, 4) is 17.0 Å². The Morgan fingerprint density at radius 3 is 2.56 bits per heavy atom. The number of benzene rings is 1. The molecule has 1 saturated heterocycles. The lowest BCUT2D eigenvalue weighted by Gasteiger charge is -2.41. The molecule has 2 amide bonds. The molecule has 2 bridgehead atoms. The largest absolute Gasteiger partial charge is 0.478 e. The molecule has 39 heavy (non-hydrogen) atoms. The van der Waals surface area contributed by atoms with Gasteiger partial charge in [0.25, 0.3) is 0 Å². The van der Waals surface area contributed by atoms with Crippen molar-refractivity contribution in [2.45, 2.75) is 64.9 Å². The Kier molecular flexibility index (Phi) is 8.77. The van der Waals surface area contributed by atoms with Crippen molar-refractivity contribution in [2.24, 2.45) is 5.41 Å². The standard InChI is InChI=1S/C30H39N3O6/c1-29(2,3)39-28(36)33-17-14-30(15-18-33)13-6-10-24-23(21-8-5-9-22(20-21)26(34)37-4)11-12-25(32-24)38-19-7-16-31-27(30)35/h5,8-9,11-12,20H,6-7,10,13-19H2,1-4H3,(H,31,35). The maximum absolute atomic E-state index is 13.5. The molecule has 1 aromatic carbocycles. The van der Waals surface area contributed by atoms with Crippen LogP contribution in [0.1, 0.15) is 68.9 Å². The van der Waals surface area contributed by atoms with Crippen molar-refractivity contribution in [2.75, 3.05) is 33.4 Å². The van der Waals surface area contributed by atoms with Crippen LogP contribution < -0.4 is 10.1 Å². The lowest BCUT2D eigenvalue weighted by atomic mass is 9.73. The van der Waals surface area contributed by atoms with E-state index >= 15 is 0 Å². The third-order valence-electron chi connectivity index (χ3n) is 7.32. The highest BCUT2D eigenvalue weighted by Gasteiger charge is 2.42. The molecule has 0 saturated carbocycles. The third kappa shape index (κ3) is 7.07. The molecule has 4 rings (SSSR count). The molecule has 9 heteroatoms. The number of carbonyl (C=O) groups is 3. The summed E-state index contributed by atoms with van der Waals surface area (Å²) >= 11 is 0. The number of hydrogen-bond donors (Lipinski definition) is 1. The van der Waals surface area contributed by atoms with Gasteiger partial charge in [0.05, 0.1) is 30.4 Å². The summed E-state index contributed by atoms with van der Waals surface area (Å²) in [4.78, 5) is 44.7. The molecule has 2 aliphatic rings. The van der Waals surface area contributed by atoms with Gasteiger partial charge in [0.2, 0.25) is 11.8 Å². The molecule has 3 heterocycles. The maximum Gasteiger partial charge on any atom is 0.410 e. The Morgan fingerprint density at radius 1 is 1.08 bits per heavy atom. The number of pyridine rings is 1. The Morgan fingerprint density at radius 2 is 1.85 bits per heavy atom. The lowest BCUT2D eigenvalue weighted by molar-refractivity contribution is -0.134. The Labute approximate surface area is 230 Å². The van der Waals surface area contributed by atoms with Gasteiger partial charge in [-0.05, 0) is 83.1 Å². The fourth-order valence-corrected chi connectivity index (χ4v) is 5.21. The molecule has 1 N–H and O–H groups in total. The molecule has 2 aromatic rings. The van der Waals surface area contributed by atoms with Gasteiger partial charge in [-0.1, -0.05) is 12.1 Å². The number of nitrogens with zero attached hydrogens (tertiary/aromatic N) is 2. The SMILES string of the molecule is COC(=O)c1cccc(-c2ccc3nc2CCCC2(CCN(C(=O)OC(C)(C)C)CC2)C(=O)NCCCO3)c1. The number of ether oxygens (including phenoxy) is 3. The number of fused-ring (bicyclic) bond motifs is 2. The molecular weight excluding hydrogens is 498 g/mol. The van der Waals surface area contributed by atoms with E-state index in [1.54, 1.807) is 11.0 Å². The van der Waals surface area contributed by atoms with E-state index < -0.39 is 17.0 Å². The number of nitrogens with one attached hydrogen (secondary N) is 1. The van der Waals surface area contributed by atoms with Crippen LogP contribution in [-0.4, -0.2) is 66.8 Å². The number of aryl methyl sites for hydroxylation is 1. The van der Waals surface area contributed by atoms with Crippen LogP contribution in [0.3, 0.4) is 0 Å². The summed E-state index contributed by atoms with van der Waals surface area (Å²) in [5, 5.41) is 3.11. The van der Waals surface area contributed by atoms with Gasteiger partial charge in [0, 0.05) is 31.3 Å². The second-order valence-electron chi connectivity index (χ2n) is 11.3. The van der Waals surface area contributed by atoms with Gasteiger partial charge in [-0.15, -0.1) is 0 Å². The van der Waals surface area contributed by atoms with E-state index in [4.69, 9.17) is 19.2 Å². The van der Waals surface area contributed by atoms with Crippen LogP contribution in [0.15, 0.2) is 36.4 Å². The van der Waals surface area contributed by atoms with Crippen LogP contribution >= 0.6 is 0 Å². The number of piperidine rings is 1. The van der Waals surface area contributed by atoms with E-state index in [9.17, 15) is 14.4 Å². The number of methoxy groups -OCH3 is 1. The molecular formula is C30H39N3O6. The van der Waals surface area contributed by atoms with Crippen LogP contribution in [0.25, 0.3) is 11.1 Å². The minimum atomic E-state index is -0.563. The molecule has 0 aliphatic carbocycles. The summed E-state index contributed by atoms with van der Waals surface area (Å²) in [5.41, 5.74) is 1.99. The average Bonchev–Trinajstić information content (AvgIpc) is 2.92. The number of hydrogen-bond acceptors (Lipinski definition) is 7. The van der Waals surface area contributed by atoms with E-state index in [-0.39, 0.29) is 12.0 Å². The van der Waals surface area contributed by atoms with E-state index in [1.165, 1.54) is 7.11 Å². The van der Waals surface area contributed by atoms with E-state index in [0.29, 0.717) is 69.8 Å². The fraction of sp³-hybridized carbons (Fsp3) is 0.533. The van der Waals surface area contributed by atoms with Crippen molar-refractivity contribution >= 4 is 18.0 Å². The first-order valence-electron chi connectivity index (χ1n) is 13.7. The van der Waals surface area contributed by atoms with Crippen LogP contribution in [0.2, 0.25) is 0 Å². The van der Waals surface area contributed by atoms with Gasteiger partial charge in [-0.3, -0.25) is 4.79 Å². The average molecular weight is 538 g/mol. The van der Waals surface area contributed by atoms with E-state index in [1.807, 2.05) is 51.1 Å². The van der Waals surface area contributed by atoms with Crippen LogP contribution in [0.5, 0.6) is 5.88 Å². The van der Waals surface area contributed by atoms with E-state index in [2.05, 4.69) is 5.32 Å². The summed E-state index contributed by atoms with van der Waals surface area (Å²) < 4.78 is 16.3. The zero-order valence-electron chi connectivity index (χ0n) is 23.4. The Bertz CT molecular complexity index is 1200. The highest BCUT2D eigenvalue weighted by Crippen LogP contribution is 2.38. The minimum absolute atomic E-state index is 0.0382. The molecule has 1 aromatic heterocycles. The molecule has 1 spiro atoms. The van der Waals surface area contributed by atoms with Gasteiger partial charge in [0.15, 0.2) is 0 Å². The number of amides is 2. The van der Waals surface area contributed by atoms with Crippen molar-refractivity contribution < 1.29 is 28.6 Å². The Balaban J connectivity index is 1.55. The monoisotopic (exact) mass is 537 g/mol. The number of likely N-dealkylation sites (tertiary alicyclic amines) is 1. The summed E-state index contributed by atoms with van der Waals surface area (Å²) in [6.07, 6.45) is 3.53. The molecule has 9 nitrogen and oxygen atoms in total. The summed E-state index contributed by atoms with van der Waals surface area (Å²) in [5.74, 6) is 0.190. The number of rotatable bonds is 2. The highest BCUT2D eigenvalue weighted by molar-refractivity contribution is 5.91. The summed E-state index contributed by atoms with van der Waals surface area (Å²) in [7, 11) is 1.37. The zero-order valence-corrected chi connectivity index (χ0v) is 23.4. The normalized spacial score (nSPS) is 18.1. The second-order valence-corrected chi connectivity index (χ2v) is 11.3. The van der Waals surface area contributed by atoms with Crippen LogP contribution in [0.4, 0.5) is 4.79 Å². The molecule has 0 atom stereocenters. The zero-order chi connectivity index (χ0) is 28.0. The maximum atomic E-state index is 13.5. The fourth-order valence-electron chi connectivity index (χ4n) is 5.21. The quantitative estimate of drug-likeness (QED) is 0.550. The van der Waals surface area contributed by atoms with Crippen molar-refractivity contribution in [1.82, 2.24) is 15.2 Å². The van der Waals surface area contributed by atoms with E-state index in [0.717, 1.165) is 23.2 Å². The summed E-state index contributed by atoms with van der Waals surface area (Å²) in [6.45, 7) is 7.46.